The van der Waals surface area contributed by atoms with E-state index < -0.39 is 11.6 Å². The molecule has 1 fully saturated rings. The maximum atomic E-state index is 14.0. The molecule has 1 aromatic heterocycles. The molecule has 0 saturated carbocycles. The van der Waals surface area contributed by atoms with Crippen LogP contribution in [-0.4, -0.2) is 41.4 Å². The number of aromatic nitrogens is 2. The van der Waals surface area contributed by atoms with Crippen molar-refractivity contribution in [3.63, 3.8) is 0 Å². The molecule has 2 heterocycles. The van der Waals surface area contributed by atoms with Crippen molar-refractivity contribution in [2.75, 3.05) is 24.5 Å². The summed E-state index contributed by atoms with van der Waals surface area (Å²) in [6, 6.07) is 4.03. The number of rotatable bonds is 5. The van der Waals surface area contributed by atoms with Gasteiger partial charge in [-0.3, -0.25) is 4.68 Å². The molecule has 148 valence electrons. The summed E-state index contributed by atoms with van der Waals surface area (Å²) in [5.74, 6) is -0.359. The number of nitrogens with one attached hydrogen (secondary N) is 2. The Hall–Kier alpha value is -1.91. The number of aliphatic imine (C=N–C) groups is 1. The number of guanidine groups is 1. The molecule has 0 radical (unpaired) electrons. The van der Waals surface area contributed by atoms with Gasteiger partial charge in [-0.15, -0.1) is 24.0 Å². The minimum atomic E-state index is -0.525. The number of anilines is 1. The normalized spacial score (nSPS) is 17.0. The minimum Gasteiger partial charge on any atom is -0.365 e. The molecule has 27 heavy (non-hydrogen) atoms. The highest BCUT2D eigenvalue weighted by molar-refractivity contribution is 14.0. The van der Waals surface area contributed by atoms with Gasteiger partial charge in [0.25, 0.3) is 0 Å². The van der Waals surface area contributed by atoms with Crippen molar-refractivity contribution in [1.29, 1.82) is 0 Å². The maximum absolute atomic E-state index is 14.0. The average molecular weight is 490 g/mol. The van der Waals surface area contributed by atoms with Crippen LogP contribution in [0.25, 0.3) is 0 Å². The SMILES string of the molecule is CCNC(=NCc1cnn(C)c1)NC1CCN(c2c(F)cccc2F)C1.I. The first kappa shape index (κ1) is 21.4. The van der Waals surface area contributed by atoms with Gasteiger partial charge in [0.05, 0.1) is 12.7 Å². The summed E-state index contributed by atoms with van der Waals surface area (Å²) in [7, 11) is 1.87. The van der Waals surface area contributed by atoms with Crippen LogP contribution in [0.5, 0.6) is 0 Å². The summed E-state index contributed by atoms with van der Waals surface area (Å²) in [6.45, 7) is 4.36. The number of hydrogen-bond donors (Lipinski definition) is 2. The Bertz CT molecular complexity index is 759. The second-order valence-corrected chi connectivity index (χ2v) is 6.36. The lowest BCUT2D eigenvalue weighted by atomic mass is 10.2. The molecule has 0 spiro atoms. The van der Waals surface area contributed by atoms with E-state index in [1.807, 2.05) is 20.2 Å². The van der Waals surface area contributed by atoms with E-state index in [1.54, 1.807) is 15.8 Å². The maximum Gasteiger partial charge on any atom is 0.191 e. The fourth-order valence-electron chi connectivity index (χ4n) is 3.11. The first-order valence-corrected chi connectivity index (χ1v) is 8.78. The molecule has 1 aliphatic rings. The van der Waals surface area contributed by atoms with E-state index in [1.165, 1.54) is 18.2 Å². The zero-order chi connectivity index (χ0) is 18.5. The van der Waals surface area contributed by atoms with E-state index in [2.05, 4.69) is 20.7 Å². The molecule has 1 aliphatic heterocycles. The van der Waals surface area contributed by atoms with Gasteiger partial charge in [-0.25, -0.2) is 13.8 Å². The Morgan fingerprint density at radius 3 is 2.70 bits per heavy atom. The van der Waals surface area contributed by atoms with Crippen LogP contribution < -0.4 is 15.5 Å². The largest absolute Gasteiger partial charge is 0.365 e. The summed E-state index contributed by atoms with van der Waals surface area (Å²) in [5, 5.41) is 10.7. The number of halogens is 3. The van der Waals surface area contributed by atoms with Crippen molar-refractivity contribution in [2.24, 2.45) is 12.0 Å². The lowest BCUT2D eigenvalue weighted by molar-refractivity contribution is 0.576. The van der Waals surface area contributed by atoms with Gasteiger partial charge in [0.15, 0.2) is 5.96 Å². The third-order valence-electron chi connectivity index (χ3n) is 4.31. The van der Waals surface area contributed by atoms with E-state index in [4.69, 9.17) is 0 Å². The molecule has 2 N–H and O–H groups in total. The molecule has 9 heteroatoms. The molecular weight excluding hydrogens is 465 g/mol. The molecule has 0 amide bonds. The van der Waals surface area contributed by atoms with E-state index in [0.29, 0.717) is 25.6 Å². The van der Waals surface area contributed by atoms with E-state index in [-0.39, 0.29) is 35.7 Å². The highest BCUT2D eigenvalue weighted by Crippen LogP contribution is 2.26. The van der Waals surface area contributed by atoms with E-state index >= 15 is 0 Å². The van der Waals surface area contributed by atoms with Crippen molar-refractivity contribution in [1.82, 2.24) is 20.4 Å². The van der Waals surface area contributed by atoms with E-state index in [0.717, 1.165) is 18.5 Å². The Labute approximate surface area is 175 Å². The molecule has 0 aliphatic carbocycles. The lowest BCUT2D eigenvalue weighted by Crippen LogP contribution is -2.44. The van der Waals surface area contributed by atoms with Gasteiger partial charge in [0, 0.05) is 44.5 Å². The van der Waals surface area contributed by atoms with Crippen LogP contribution in [0.3, 0.4) is 0 Å². The smallest absolute Gasteiger partial charge is 0.191 e. The predicted octanol–water partition coefficient (Wildman–Crippen LogP) is 2.65. The molecule has 1 unspecified atom stereocenters. The van der Waals surface area contributed by atoms with Crippen molar-refractivity contribution >= 4 is 35.6 Å². The molecule has 6 nitrogen and oxygen atoms in total. The summed E-state index contributed by atoms with van der Waals surface area (Å²) < 4.78 is 29.7. The molecule has 1 atom stereocenters. The first-order chi connectivity index (χ1) is 12.6. The number of aryl methyl sites for hydroxylation is 1. The topological polar surface area (TPSA) is 57.5 Å². The van der Waals surface area contributed by atoms with Gasteiger partial charge in [0.2, 0.25) is 0 Å². The van der Waals surface area contributed by atoms with Crippen LogP contribution in [0.1, 0.15) is 18.9 Å². The van der Waals surface area contributed by atoms with Gasteiger partial charge in [0.1, 0.15) is 17.3 Å². The average Bonchev–Trinajstić information content (AvgIpc) is 3.22. The van der Waals surface area contributed by atoms with Gasteiger partial charge in [-0.1, -0.05) is 6.07 Å². The van der Waals surface area contributed by atoms with Crippen molar-refractivity contribution in [3.8, 4) is 0 Å². The molecule has 2 aromatic rings. The van der Waals surface area contributed by atoms with Crippen LogP contribution in [0.4, 0.5) is 14.5 Å². The Morgan fingerprint density at radius 2 is 2.07 bits per heavy atom. The Morgan fingerprint density at radius 1 is 1.33 bits per heavy atom. The van der Waals surface area contributed by atoms with Crippen molar-refractivity contribution < 1.29 is 8.78 Å². The lowest BCUT2D eigenvalue weighted by Gasteiger charge is -2.21. The quantitative estimate of drug-likeness (QED) is 0.385. The monoisotopic (exact) mass is 490 g/mol. The fourth-order valence-corrected chi connectivity index (χ4v) is 3.11. The number of para-hydroxylation sites is 1. The highest BCUT2D eigenvalue weighted by atomic mass is 127. The fraction of sp³-hybridized carbons (Fsp3) is 0.444. The predicted molar refractivity (Wildman–Crippen MR) is 114 cm³/mol. The number of benzene rings is 1. The van der Waals surface area contributed by atoms with Gasteiger partial charge in [-0.2, -0.15) is 5.10 Å². The molecule has 3 rings (SSSR count). The zero-order valence-electron chi connectivity index (χ0n) is 15.5. The molecule has 1 saturated heterocycles. The third kappa shape index (κ3) is 5.53. The number of nitrogens with zero attached hydrogens (tertiary/aromatic N) is 4. The summed E-state index contributed by atoms with van der Waals surface area (Å²) in [5.41, 5.74) is 1.07. The zero-order valence-corrected chi connectivity index (χ0v) is 17.8. The van der Waals surface area contributed by atoms with Crippen LogP contribution in [-0.2, 0) is 13.6 Å². The first-order valence-electron chi connectivity index (χ1n) is 8.78. The Kier molecular flexibility index (Phi) is 7.81. The molecule has 1 aromatic carbocycles. The number of hydrogen-bond acceptors (Lipinski definition) is 3. The van der Waals surface area contributed by atoms with Crippen LogP contribution >= 0.6 is 24.0 Å². The Balaban J connectivity index is 0.00000261. The van der Waals surface area contributed by atoms with Crippen molar-refractivity contribution in [3.05, 3.63) is 47.8 Å². The molecule has 0 bridgehead atoms. The second-order valence-electron chi connectivity index (χ2n) is 6.36. The minimum absolute atomic E-state index is 0. The van der Waals surface area contributed by atoms with Crippen LogP contribution in [0, 0.1) is 11.6 Å². The third-order valence-corrected chi connectivity index (χ3v) is 4.31. The summed E-state index contributed by atoms with van der Waals surface area (Å²) in [4.78, 5) is 6.31. The standard InChI is InChI=1S/C18H24F2N6.HI/c1-3-21-18(22-9-13-10-23-25(2)11-13)24-14-7-8-26(12-14)17-15(19)5-4-6-16(17)20;/h4-6,10-11,14H,3,7-9,12H2,1-2H3,(H2,21,22,24);1H. The molecular formula is C18H25F2IN6. The van der Waals surface area contributed by atoms with Crippen molar-refractivity contribution in [2.45, 2.75) is 25.9 Å². The summed E-state index contributed by atoms with van der Waals surface area (Å²) in [6.07, 6.45) is 4.49. The van der Waals surface area contributed by atoms with Crippen LogP contribution in [0.15, 0.2) is 35.6 Å². The van der Waals surface area contributed by atoms with Gasteiger partial charge >= 0.3 is 0 Å². The van der Waals surface area contributed by atoms with E-state index in [9.17, 15) is 8.78 Å². The second kappa shape index (κ2) is 9.86. The van der Waals surface area contributed by atoms with Gasteiger partial charge < -0.3 is 15.5 Å². The highest BCUT2D eigenvalue weighted by Gasteiger charge is 2.27. The summed E-state index contributed by atoms with van der Waals surface area (Å²) >= 11 is 0. The van der Waals surface area contributed by atoms with Gasteiger partial charge in [-0.05, 0) is 25.5 Å². The van der Waals surface area contributed by atoms with Crippen LogP contribution in [0.2, 0.25) is 0 Å².